The van der Waals surface area contributed by atoms with Crippen molar-refractivity contribution in [3.8, 4) is 0 Å². The predicted octanol–water partition coefficient (Wildman–Crippen LogP) is 10.1. The monoisotopic (exact) mass is 498 g/mol. The molecule has 0 radical (unpaired) electrons. The molecular formula is C31H62O4. The normalized spacial score (nSPS) is 11.8. The summed E-state index contributed by atoms with van der Waals surface area (Å²) >= 11 is 0. The molecule has 0 fully saturated rings. The van der Waals surface area contributed by atoms with Crippen LogP contribution in [0, 0.1) is 0 Å². The van der Waals surface area contributed by atoms with Gasteiger partial charge < -0.3 is 18.9 Å². The van der Waals surface area contributed by atoms with Gasteiger partial charge in [0, 0.05) is 13.2 Å². The Morgan fingerprint density at radius 2 is 1.03 bits per heavy atom. The van der Waals surface area contributed by atoms with E-state index in [0.717, 1.165) is 45.5 Å². The van der Waals surface area contributed by atoms with Gasteiger partial charge >= 0.3 is 0 Å². The van der Waals surface area contributed by atoms with Crippen LogP contribution in [0.1, 0.15) is 156 Å². The van der Waals surface area contributed by atoms with Gasteiger partial charge in [0.1, 0.15) is 0 Å². The molecule has 0 aromatic heterocycles. The first-order valence-electron chi connectivity index (χ1n) is 15.4. The van der Waals surface area contributed by atoms with Crippen molar-refractivity contribution in [3.05, 3.63) is 12.3 Å². The van der Waals surface area contributed by atoms with E-state index in [1.165, 1.54) is 109 Å². The second kappa shape index (κ2) is 31.4. The lowest BCUT2D eigenvalue weighted by Crippen LogP contribution is -2.19. The Morgan fingerprint density at radius 3 is 1.63 bits per heavy atom. The van der Waals surface area contributed by atoms with Crippen LogP contribution in [0.2, 0.25) is 0 Å². The summed E-state index contributed by atoms with van der Waals surface area (Å²) in [6, 6.07) is 0. The van der Waals surface area contributed by atoms with E-state index < -0.39 is 0 Å². The number of hydrogen-bond acceptors (Lipinski definition) is 4. The fraction of sp³-hybridized carbons (Fsp3) is 0.935. The molecule has 0 heterocycles. The average molecular weight is 499 g/mol. The highest BCUT2D eigenvalue weighted by Gasteiger charge is 2.09. The Hall–Kier alpha value is -0.580. The van der Waals surface area contributed by atoms with E-state index in [4.69, 9.17) is 18.9 Å². The lowest BCUT2D eigenvalue weighted by atomic mass is 10.1. The first-order valence-corrected chi connectivity index (χ1v) is 15.4. The lowest BCUT2D eigenvalue weighted by Gasteiger charge is -2.19. The number of ether oxygens (including phenoxy) is 4. The molecule has 0 atom stereocenters. The quantitative estimate of drug-likeness (QED) is 0.0560. The lowest BCUT2D eigenvalue weighted by molar-refractivity contribution is -0.148. The highest BCUT2D eigenvalue weighted by atomic mass is 16.7. The minimum absolute atomic E-state index is 0.0124. The van der Waals surface area contributed by atoms with E-state index >= 15 is 0 Å². The third-order valence-corrected chi connectivity index (χ3v) is 6.40. The molecule has 0 unspecified atom stereocenters. The Morgan fingerprint density at radius 1 is 0.514 bits per heavy atom. The van der Waals surface area contributed by atoms with Crippen LogP contribution in [-0.2, 0) is 18.9 Å². The molecule has 0 rings (SSSR count). The van der Waals surface area contributed by atoms with E-state index in [0.29, 0.717) is 6.79 Å². The van der Waals surface area contributed by atoms with Gasteiger partial charge in [-0.05, 0) is 51.0 Å². The minimum Gasteiger partial charge on any atom is -0.475 e. The van der Waals surface area contributed by atoms with Crippen molar-refractivity contribution in [1.82, 2.24) is 0 Å². The van der Waals surface area contributed by atoms with Gasteiger partial charge in [-0.15, -0.1) is 0 Å². The molecule has 0 saturated heterocycles. The van der Waals surface area contributed by atoms with Crippen LogP contribution in [-0.4, -0.2) is 32.9 Å². The molecule has 0 aliphatic rings. The van der Waals surface area contributed by atoms with E-state index in [-0.39, 0.29) is 6.29 Å². The molecule has 0 aliphatic heterocycles. The molecule has 0 bridgehead atoms. The highest BCUT2D eigenvalue weighted by molar-refractivity contribution is 4.72. The molecule has 0 saturated carbocycles. The van der Waals surface area contributed by atoms with E-state index in [9.17, 15) is 0 Å². The zero-order valence-corrected chi connectivity index (χ0v) is 24.0. The van der Waals surface area contributed by atoms with Gasteiger partial charge in [0.05, 0.1) is 12.9 Å². The maximum Gasteiger partial charge on any atom is 0.188 e. The smallest absolute Gasteiger partial charge is 0.188 e. The highest BCUT2D eigenvalue weighted by Crippen LogP contribution is 2.14. The second-order valence-electron chi connectivity index (χ2n) is 9.97. The zero-order valence-electron chi connectivity index (χ0n) is 24.0. The molecule has 0 spiro atoms. The maximum atomic E-state index is 6.13. The Kier molecular flexibility index (Phi) is 30.9. The van der Waals surface area contributed by atoms with Crippen LogP contribution in [0.3, 0.4) is 0 Å². The predicted molar refractivity (Wildman–Crippen MR) is 151 cm³/mol. The van der Waals surface area contributed by atoms with Crippen LogP contribution in [0.25, 0.3) is 0 Å². The fourth-order valence-electron chi connectivity index (χ4n) is 4.04. The molecule has 0 aromatic rings. The third kappa shape index (κ3) is 29.5. The standard InChI is InChI=1S/C31H62O4/c1-4-7-10-18-23-28-34-31(35-29-24-19-11-8-5-2)25-21-17-15-13-12-14-16-20-22-27-33-30-32-26-9-6-3/h22,27,31H,4-21,23-26,28-30H2,1-3H3. The molecular weight excluding hydrogens is 436 g/mol. The number of hydrogen-bond donors (Lipinski definition) is 0. The summed E-state index contributed by atoms with van der Waals surface area (Å²) in [4.78, 5) is 0. The summed E-state index contributed by atoms with van der Waals surface area (Å²) in [5, 5.41) is 0. The molecule has 210 valence electrons. The van der Waals surface area contributed by atoms with Crippen molar-refractivity contribution in [2.45, 2.75) is 162 Å². The molecule has 0 amide bonds. The largest absolute Gasteiger partial charge is 0.475 e. The Bertz CT molecular complexity index is 383. The topological polar surface area (TPSA) is 36.9 Å². The summed E-state index contributed by atoms with van der Waals surface area (Å²) in [6.45, 7) is 9.59. The summed E-state index contributed by atoms with van der Waals surface area (Å²) in [5.74, 6) is 0. The molecule has 0 aliphatic carbocycles. The molecule has 4 nitrogen and oxygen atoms in total. The van der Waals surface area contributed by atoms with Crippen molar-refractivity contribution in [1.29, 1.82) is 0 Å². The van der Waals surface area contributed by atoms with Gasteiger partial charge in [0.15, 0.2) is 13.1 Å². The Labute approximate surface area is 219 Å². The number of unbranched alkanes of at least 4 members (excludes halogenated alkanes) is 16. The van der Waals surface area contributed by atoms with E-state index in [1.54, 1.807) is 6.26 Å². The third-order valence-electron chi connectivity index (χ3n) is 6.40. The molecule has 0 N–H and O–H groups in total. The van der Waals surface area contributed by atoms with Crippen molar-refractivity contribution in [2.24, 2.45) is 0 Å². The summed E-state index contributed by atoms with van der Waals surface area (Å²) in [7, 11) is 0. The van der Waals surface area contributed by atoms with Crippen LogP contribution in [0.4, 0.5) is 0 Å². The van der Waals surface area contributed by atoms with Gasteiger partial charge in [-0.25, -0.2) is 0 Å². The van der Waals surface area contributed by atoms with Crippen molar-refractivity contribution >= 4 is 0 Å². The molecule has 35 heavy (non-hydrogen) atoms. The van der Waals surface area contributed by atoms with Gasteiger partial charge in [-0.1, -0.05) is 111 Å². The van der Waals surface area contributed by atoms with Crippen molar-refractivity contribution in [2.75, 3.05) is 26.6 Å². The molecule has 0 aromatic carbocycles. The average Bonchev–Trinajstić information content (AvgIpc) is 2.87. The van der Waals surface area contributed by atoms with Gasteiger partial charge in [0.25, 0.3) is 0 Å². The van der Waals surface area contributed by atoms with Crippen LogP contribution < -0.4 is 0 Å². The van der Waals surface area contributed by atoms with Gasteiger partial charge in [0.2, 0.25) is 0 Å². The van der Waals surface area contributed by atoms with Gasteiger partial charge in [-0.2, -0.15) is 0 Å². The molecule has 4 heteroatoms. The zero-order chi connectivity index (χ0) is 25.5. The maximum absolute atomic E-state index is 6.13. The van der Waals surface area contributed by atoms with Gasteiger partial charge in [-0.3, -0.25) is 0 Å². The van der Waals surface area contributed by atoms with Crippen LogP contribution in [0.5, 0.6) is 0 Å². The van der Waals surface area contributed by atoms with Crippen molar-refractivity contribution < 1.29 is 18.9 Å². The van der Waals surface area contributed by atoms with Crippen LogP contribution >= 0.6 is 0 Å². The summed E-state index contributed by atoms with van der Waals surface area (Å²) < 4.78 is 23.0. The van der Waals surface area contributed by atoms with E-state index in [2.05, 4.69) is 26.8 Å². The first-order chi connectivity index (χ1) is 17.3. The fourth-order valence-corrected chi connectivity index (χ4v) is 4.04. The first kappa shape index (κ1) is 34.4. The van der Waals surface area contributed by atoms with Crippen LogP contribution in [0.15, 0.2) is 12.3 Å². The summed E-state index contributed by atoms with van der Waals surface area (Å²) in [5.41, 5.74) is 0. The minimum atomic E-state index is 0.0124. The summed E-state index contributed by atoms with van der Waals surface area (Å²) in [6.07, 6.45) is 30.3. The second-order valence-corrected chi connectivity index (χ2v) is 9.97. The number of allylic oxidation sites excluding steroid dienone is 1. The Balaban J connectivity index is 3.69. The number of rotatable bonds is 30. The van der Waals surface area contributed by atoms with Crippen molar-refractivity contribution in [3.63, 3.8) is 0 Å². The van der Waals surface area contributed by atoms with E-state index in [1.807, 2.05) is 0 Å². The SMILES string of the molecule is CCCCCCCOC(CCCCCCCCCC=COCOCCCC)OCCCCCCC.